The summed E-state index contributed by atoms with van der Waals surface area (Å²) < 4.78 is 34.9. The molecule has 59 heavy (non-hydrogen) atoms. The van der Waals surface area contributed by atoms with E-state index in [0.29, 0.717) is 24.1 Å². The number of nitrogens with zero attached hydrogens (tertiary/aromatic N) is 1. The van der Waals surface area contributed by atoms with E-state index in [2.05, 4.69) is 61.5 Å². The molecule has 0 radical (unpaired) electrons. The molecule has 4 aromatic rings. The van der Waals surface area contributed by atoms with Crippen molar-refractivity contribution in [2.24, 2.45) is 0 Å². The van der Waals surface area contributed by atoms with Gasteiger partial charge in [-0.15, -0.1) is 0 Å². The third-order valence-corrected chi connectivity index (χ3v) is 12.6. The summed E-state index contributed by atoms with van der Waals surface area (Å²) in [5, 5.41) is 8.16. The highest BCUT2D eigenvalue weighted by Crippen LogP contribution is 2.39. The SMILES string of the molecule is CCCCCCCCCCCCCCCC(=O)OC[C@H](COP(=O)([O-])OCC[N+](C)(C)C)OCCCCCCCCCCc1ccc2ccc3cccc4ccc1c2c34. The number of benzene rings is 4. The Bertz CT molecular complexity index is 1770. The van der Waals surface area contributed by atoms with Gasteiger partial charge in [0.2, 0.25) is 0 Å². The van der Waals surface area contributed by atoms with E-state index in [1.807, 2.05) is 21.1 Å². The molecular formula is C50H78NO7P. The molecule has 0 aliphatic rings. The van der Waals surface area contributed by atoms with Crippen molar-refractivity contribution >= 4 is 46.1 Å². The van der Waals surface area contributed by atoms with Crippen molar-refractivity contribution < 1.29 is 37.3 Å². The first-order valence-electron chi connectivity index (χ1n) is 23.4. The van der Waals surface area contributed by atoms with Gasteiger partial charge in [0, 0.05) is 13.0 Å². The Morgan fingerprint density at radius 3 is 1.75 bits per heavy atom. The van der Waals surface area contributed by atoms with Gasteiger partial charge >= 0.3 is 5.97 Å². The molecule has 330 valence electrons. The van der Waals surface area contributed by atoms with Gasteiger partial charge in [-0.3, -0.25) is 9.36 Å². The van der Waals surface area contributed by atoms with Crippen LogP contribution in [0, 0.1) is 0 Å². The number of ether oxygens (including phenoxy) is 2. The Kier molecular flexibility index (Phi) is 22.8. The summed E-state index contributed by atoms with van der Waals surface area (Å²) in [7, 11) is 1.38. The van der Waals surface area contributed by atoms with Crippen LogP contribution in [-0.4, -0.2) is 70.7 Å². The molecule has 0 aliphatic carbocycles. The maximum absolute atomic E-state index is 12.6. The Morgan fingerprint density at radius 1 is 0.610 bits per heavy atom. The molecule has 4 aromatic carbocycles. The molecule has 0 aliphatic heterocycles. The Hall–Kier alpha value is -2.58. The number of quaternary nitrogens is 1. The van der Waals surface area contributed by atoms with Crippen LogP contribution in [0.15, 0.2) is 54.6 Å². The minimum absolute atomic E-state index is 0.0330. The number of carbonyl (C=O) groups excluding carboxylic acids is 1. The van der Waals surface area contributed by atoms with Gasteiger partial charge in [-0.25, -0.2) is 0 Å². The normalized spacial score (nSPS) is 13.8. The predicted octanol–water partition coefficient (Wildman–Crippen LogP) is 12.9. The van der Waals surface area contributed by atoms with E-state index < -0.39 is 13.9 Å². The molecule has 0 heterocycles. The number of esters is 1. The lowest BCUT2D eigenvalue weighted by Crippen LogP contribution is -2.37. The lowest BCUT2D eigenvalue weighted by Gasteiger charge is -2.28. The van der Waals surface area contributed by atoms with Gasteiger partial charge in [0.05, 0.1) is 27.7 Å². The number of rotatable bonds is 35. The second-order valence-electron chi connectivity index (χ2n) is 17.9. The zero-order valence-electron chi connectivity index (χ0n) is 37.3. The lowest BCUT2D eigenvalue weighted by molar-refractivity contribution is -0.870. The average Bonchev–Trinajstić information content (AvgIpc) is 3.21. The number of carbonyl (C=O) groups is 1. The van der Waals surface area contributed by atoms with Crippen LogP contribution >= 0.6 is 7.82 Å². The molecule has 4 rings (SSSR count). The average molecular weight is 836 g/mol. The Morgan fingerprint density at radius 2 is 1.14 bits per heavy atom. The minimum Gasteiger partial charge on any atom is -0.756 e. The summed E-state index contributed by atoms with van der Waals surface area (Å²) in [6.45, 7) is 2.99. The second-order valence-corrected chi connectivity index (χ2v) is 19.3. The summed E-state index contributed by atoms with van der Waals surface area (Å²) in [4.78, 5) is 25.0. The van der Waals surface area contributed by atoms with Crippen molar-refractivity contribution in [3.8, 4) is 0 Å². The van der Waals surface area contributed by atoms with E-state index in [-0.39, 0.29) is 25.8 Å². The number of unbranched alkanes of at least 4 members (excludes halogenated alkanes) is 19. The van der Waals surface area contributed by atoms with E-state index in [0.717, 1.165) is 44.9 Å². The zero-order valence-corrected chi connectivity index (χ0v) is 38.2. The van der Waals surface area contributed by atoms with Crippen LogP contribution in [0.4, 0.5) is 0 Å². The highest BCUT2D eigenvalue weighted by Gasteiger charge is 2.19. The van der Waals surface area contributed by atoms with Gasteiger partial charge in [0.25, 0.3) is 7.82 Å². The van der Waals surface area contributed by atoms with E-state index >= 15 is 0 Å². The molecule has 0 N–H and O–H groups in total. The number of phosphoric acid groups is 1. The number of likely N-dealkylation sites (N-methyl/N-ethyl adjacent to an activating group) is 1. The highest BCUT2D eigenvalue weighted by atomic mass is 31.2. The summed E-state index contributed by atoms with van der Waals surface area (Å²) in [5.41, 5.74) is 1.45. The molecule has 0 bridgehead atoms. The van der Waals surface area contributed by atoms with Crippen LogP contribution in [0.5, 0.6) is 0 Å². The predicted molar refractivity (Wildman–Crippen MR) is 244 cm³/mol. The van der Waals surface area contributed by atoms with Gasteiger partial charge in [0.15, 0.2) is 0 Å². The summed E-state index contributed by atoms with van der Waals surface area (Å²) in [5.74, 6) is -0.276. The third kappa shape index (κ3) is 19.3. The van der Waals surface area contributed by atoms with Crippen LogP contribution in [0.3, 0.4) is 0 Å². The second kappa shape index (κ2) is 27.4. The van der Waals surface area contributed by atoms with Crippen molar-refractivity contribution in [2.45, 2.75) is 161 Å². The molecule has 2 atom stereocenters. The largest absolute Gasteiger partial charge is 0.756 e. The number of phosphoric ester groups is 1. The van der Waals surface area contributed by atoms with Gasteiger partial charge < -0.3 is 27.9 Å². The molecule has 0 amide bonds. The minimum atomic E-state index is -4.51. The van der Waals surface area contributed by atoms with E-state index in [1.165, 1.54) is 134 Å². The van der Waals surface area contributed by atoms with E-state index in [1.54, 1.807) is 0 Å². The number of aryl methyl sites for hydroxylation is 1. The van der Waals surface area contributed by atoms with Crippen molar-refractivity contribution in [3.05, 3.63) is 60.2 Å². The van der Waals surface area contributed by atoms with Gasteiger partial charge in [-0.05, 0) is 63.6 Å². The third-order valence-electron chi connectivity index (χ3n) is 11.7. The molecule has 0 aromatic heterocycles. The van der Waals surface area contributed by atoms with E-state index in [9.17, 15) is 14.3 Å². The van der Waals surface area contributed by atoms with Gasteiger partial charge in [-0.1, -0.05) is 177 Å². The quantitative estimate of drug-likeness (QED) is 0.0150. The van der Waals surface area contributed by atoms with Gasteiger partial charge in [0.1, 0.15) is 25.9 Å². The molecule has 1 unspecified atom stereocenters. The molecule has 0 saturated carbocycles. The van der Waals surface area contributed by atoms with Crippen LogP contribution < -0.4 is 4.89 Å². The van der Waals surface area contributed by atoms with Crippen LogP contribution in [0.1, 0.15) is 154 Å². The number of hydrogen-bond donors (Lipinski definition) is 0. The molecule has 9 heteroatoms. The number of hydrogen-bond acceptors (Lipinski definition) is 7. The summed E-state index contributed by atoms with van der Waals surface area (Å²) in [6.07, 6.45) is 26.1. The van der Waals surface area contributed by atoms with Crippen molar-refractivity contribution in [3.63, 3.8) is 0 Å². The fourth-order valence-electron chi connectivity index (χ4n) is 8.07. The highest BCUT2D eigenvalue weighted by molar-refractivity contribution is 7.45. The fourth-order valence-corrected chi connectivity index (χ4v) is 8.80. The van der Waals surface area contributed by atoms with Crippen molar-refractivity contribution in [1.29, 1.82) is 0 Å². The molecule has 8 nitrogen and oxygen atoms in total. The molecule has 0 spiro atoms. The maximum atomic E-state index is 12.6. The lowest BCUT2D eigenvalue weighted by atomic mass is 9.90. The van der Waals surface area contributed by atoms with Gasteiger partial charge in [-0.2, -0.15) is 0 Å². The van der Waals surface area contributed by atoms with Crippen LogP contribution in [-0.2, 0) is 34.3 Å². The Balaban J connectivity index is 1.07. The smallest absolute Gasteiger partial charge is 0.305 e. The van der Waals surface area contributed by atoms with Crippen LogP contribution in [0.2, 0.25) is 0 Å². The molecular weight excluding hydrogens is 758 g/mol. The van der Waals surface area contributed by atoms with Crippen molar-refractivity contribution in [1.82, 2.24) is 0 Å². The standard InChI is InChI=1S/C50H78NO7P/c1-5-6-7-8-9-10-11-12-13-14-18-21-24-30-48(52)56-40-46(41-58-59(53,54)57-39-37-51(2,3)4)55-38-25-22-19-16-15-17-20-23-27-42-31-32-45-34-33-43-28-26-29-44-35-36-47(42)50(45)49(43)44/h26,28-29,31-36,46H,5-25,27,30,37-41H2,1-4H3/t46-/m1/s1. The summed E-state index contributed by atoms with van der Waals surface area (Å²) in [6, 6.07) is 20.3. The van der Waals surface area contributed by atoms with Crippen molar-refractivity contribution in [2.75, 3.05) is 54.1 Å². The summed E-state index contributed by atoms with van der Waals surface area (Å²) >= 11 is 0. The fraction of sp³-hybridized carbons (Fsp3) is 0.660. The maximum Gasteiger partial charge on any atom is 0.305 e. The van der Waals surface area contributed by atoms with E-state index in [4.69, 9.17) is 18.5 Å². The first-order valence-corrected chi connectivity index (χ1v) is 24.9. The first-order chi connectivity index (χ1) is 28.6. The molecule has 0 saturated heterocycles. The van der Waals surface area contributed by atoms with Crippen LogP contribution in [0.25, 0.3) is 32.3 Å². The molecule has 0 fully saturated rings. The zero-order chi connectivity index (χ0) is 42.2. The monoisotopic (exact) mass is 836 g/mol. The first kappa shape index (κ1) is 49.1. The Labute approximate surface area is 357 Å². The topological polar surface area (TPSA) is 94.1 Å².